The van der Waals surface area contributed by atoms with E-state index in [4.69, 9.17) is 27.7 Å². The maximum atomic E-state index is 5.92. The molecule has 0 aliphatic carbocycles. The number of morpholine rings is 1. The minimum absolute atomic E-state index is 0.168. The maximum absolute atomic E-state index is 5.92. The monoisotopic (exact) mass is 301 g/mol. The van der Waals surface area contributed by atoms with E-state index < -0.39 is 0 Å². The van der Waals surface area contributed by atoms with Crippen molar-refractivity contribution in [1.82, 2.24) is 4.98 Å². The molecule has 0 amide bonds. The predicted molar refractivity (Wildman–Crippen MR) is 89.9 cm³/mol. The third-order valence-electron chi connectivity index (χ3n) is 3.69. The van der Waals surface area contributed by atoms with Gasteiger partial charge in [0.1, 0.15) is 10.8 Å². The highest BCUT2D eigenvalue weighted by molar-refractivity contribution is 7.80. The molecule has 2 heterocycles. The molecule has 3 rings (SSSR count). The van der Waals surface area contributed by atoms with Crippen LogP contribution in [0, 0.1) is 0 Å². The highest BCUT2D eigenvalue weighted by Gasteiger charge is 2.25. The molecule has 1 aromatic carbocycles. The number of benzene rings is 1. The molecule has 1 saturated heterocycles. The van der Waals surface area contributed by atoms with Gasteiger partial charge in [0.05, 0.1) is 23.3 Å². The summed E-state index contributed by atoms with van der Waals surface area (Å²) in [6, 6.07) is 10.1. The van der Waals surface area contributed by atoms with Gasteiger partial charge in [-0.15, -0.1) is 0 Å². The lowest BCUT2D eigenvalue weighted by molar-refractivity contribution is -0.00544. The molecule has 1 fully saturated rings. The number of nitrogens with zero attached hydrogens (tertiary/aromatic N) is 2. The van der Waals surface area contributed by atoms with Crippen LogP contribution < -0.4 is 10.6 Å². The Morgan fingerprint density at radius 2 is 1.95 bits per heavy atom. The molecule has 5 heteroatoms. The third kappa shape index (κ3) is 2.84. The van der Waals surface area contributed by atoms with Crippen LogP contribution in [0.1, 0.15) is 19.4 Å². The second-order valence-electron chi connectivity index (χ2n) is 5.58. The highest BCUT2D eigenvalue weighted by atomic mass is 32.1. The first-order chi connectivity index (χ1) is 10.0. The number of nitrogens with two attached hydrogens (primary N) is 1. The molecule has 21 heavy (non-hydrogen) atoms. The summed E-state index contributed by atoms with van der Waals surface area (Å²) < 4.78 is 5.79. The van der Waals surface area contributed by atoms with Crippen molar-refractivity contribution in [3.63, 3.8) is 0 Å². The van der Waals surface area contributed by atoms with Crippen LogP contribution >= 0.6 is 12.2 Å². The summed E-state index contributed by atoms with van der Waals surface area (Å²) in [7, 11) is 0. The Bertz CT molecular complexity index is 678. The van der Waals surface area contributed by atoms with E-state index in [2.05, 4.69) is 18.7 Å². The van der Waals surface area contributed by atoms with E-state index in [0.29, 0.717) is 4.99 Å². The zero-order valence-electron chi connectivity index (χ0n) is 12.2. The molecule has 0 saturated carbocycles. The normalized spacial score (nSPS) is 22.5. The van der Waals surface area contributed by atoms with Crippen LogP contribution in [0.4, 0.5) is 5.82 Å². The number of hydrogen-bond donors (Lipinski definition) is 1. The molecule has 0 radical (unpaired) electrons. The number of ether oxygens (including phenoxy) is 1. The second kappa shape index (κ2) is 5.58. The number of hydrogen-bond acceptors (Lipinski definition) is 4. The van der Waals surface area contributed by atoms with E-state index in [1.165, 1.54) is 0 Å². The van der Waals surface area contributed by atoms with Crippen LogP contribution in [0.5, 0.6) is 0 Å². The Balaban J connectivity index is 2.11. The topological polar surface area (TPSA) is 51.4 Å². The van der Waals surface area contributed by atoms with Gasteiger partial charge in [-0.3, -0.25) is 0 Å². The quantitative estimate of drug-likeness (QED) is 0.864. The summed E-state index contributed by atoms with van der Waals surface area (Å²) in [4.78, 5) is 7.40. The minimum Gasteiger partial charge on any atom is -0.389 e. The van der Waals surface area contributed by atoms with Crippen molar-refractivity contribution in [2.75, 3.05) is 18.0 Å². The number of thiocarbonyl (C=S) groups is 1. The van der Waals surface area contributed by atoms with E-state index in [1.54, 1.807) is 0 Å². The number of anilines is 1. The van der Waals surface area contributed by atoms with Crippen LogP contribution in [0.15, 0.2) is 30.3 Å². The molecule has 0 spiro atoms. The summed E-state index contributed by atoms with van der Waals surface area (Å²) in [5, 5.41) is 1.05. The van der Waals surface area contributed by atoms with Gasteiger partial charge in [0.15, 0.2) is 0 Å². The van der Waals surface area contributed by atoms with Gasteiger partial charge in [0.25, 0.3) is 0 Å². The minimum atomic E-state index is 0.168. The van der Waals surface area contributed by atoms with E-state index in [1.807, 2.05) is 30.3 Å². The molecular formula is C16H19N3OS. The fraction of sp³-hybridized carbons (Fsp3) is 0.375. The molecular weight excluding hydrogens is 282 g/mol. The first-order valence-corrected chi connectivity index (χ1v) is 7.55. The van der Waals surface area contributed by atoms with Gasteiger partial charge < -0.3 is 15.4 Å². The molecule has 4 nitrogen and oxygen atoms in total. The summed E-state index contributed by atoms with van der Waals surface area (Å²) in [6.45, 7) is 5.74. The molecule has 2 unspecified atom stereocenters. The largest absolute Gasteiger partial charge is 0.389 e. The zero-order valence-corrected chi connectivity index (χ0v) is 13.1. The third-order valence-corrected chi connectivity index (χ3v) is 3.91. The molecule has 110 valence electrons. The van der Waals surface area contributed by atoms with Gasteiger partial charge in [-0.05, 0) is 26.0 Å². The van der Waals surface area contributed by atoms with Gasteiger partial charge in [-0.1, -0.05) is 30.4 Å². The van der Waals surface area contributed by atoms with E-state index in [-0.39, 0.29) is 12.2 Å². The van der Waals surface area contributed by atoms with Gasteiger partial charge in [0.2, 0.25) is 0 Å². The fourth-order valence-electron chi connectivity index (χ4n) is 2.88. The van der Waals surface area contributed by atoms with Crippen LogP contribution in [0.25, 0.3) is 10.9 Å². The first kappa shape index (κ1) is 14.2. The SMILES string of the molecule is CC1CN(c2nc3ccccc3cc2C(N)=S)CC(C)O1. The highest BCUT2D eigenvalue weighted by Crippen LogP contribution is 2.26. The maximum Gasteiger partial charge on any atom is 0.139 e. The van der Waals surface area contributed by atoms with E-state index in [9.17, 15) is 0 Å². The number of aromatic nitrogens is 1. The Morgan fingerprint density at radius 1 is 1.29 bits per heavy atom. The zero-order chi connectivity index (χ0) is 15.0. The van der Waals surface area contributed by atoms with Crippen LogP contribution in [-0.4, -0.2) is 35.3 Å². The molecule has 1 aromatic heterocycles. The van der Waals surface area contributed by atoms with E-state index >= 15 is 0 Å². The summed E-state index contributed by atoms with van der Waals surface area (Å²) in [6.07, 6.45) is 0.336. The summed E-state index contributed by atoms with van der Waals surface area (Å²) >= 11 is 5.22. The average molecular weight is 301 g/mol. The van der Waals surface area contributed by atoms with Crippen molar-refractivity contribution in [2.24, 2.45) is 5.73 Å². The lowest BCUT2D eigenvalue weighted by Crippen LogP contribution is -2.46. The van der Waals surface area contributed by atoms with Gasteiger partial charge in [-0.25, -0.2) is 4.98 Å². The van der Waals surface area contributed by atoms with E-state index in [0.717, 1.165) is 35.4 Å². The molecule has 2 N–H and O–H groups in total. The van der Waals surface area contributed by atoms with Crippen molar-refractivity contribution < 1.29 is 4.74 Å². The van der Waals surface area contributed by atoms with Crippen molar-refractivity contribution in [3.8, 4) is 0 Å². The Hall–Kier alpha value is -1.72. The Labute approximate surface area is 129 Å². The number of rotatable bonds is 2. The lowest BCUT2D eigenvalue weighted by Gasteiger charge is -2.37. The number of pyridine rings is 1. The van der Waals surface area contributed by atoms with Crippen LogP contribution in [-0.2, 0) is 4.74 Å². The predicted octanol–water partition coefficient (Wildman–Crippen LogP) is 2.48. The average Bonchev–Trinajstić information content (AvgIpc) is 2.44. The van der Waals surface area contributed by atoms with Gasteiger partial charge in [-0.2, -0.15) is 0 Å². The Morgan fingerprint density at radius 3 is 2.62 bits per heavy atom. The van der Waals surface area contributed by atoms with Crippen LogP contribution in [0.2, 0.25) is 0 Å². The summed E-state index contributed by atoms with van der Waals surface area (Å²) in [5.41, 5.74) is 7.71. The number of para-hydroxylation sites is 1. The molecule has 2 aromatic rings. The lowest BCUT2D eigenvalue weighted by atomic mass is 10.1. The number of fused-ring (bicyclic) bond motifs is 1. The second-order valence-corrected chi connectivity index (χ2v) is 6.02. The molecule has 0 bridgehead atoms. The fourth-order valence-corrected chi connectivity index (χ4v) is 3.03. The Kier molecular flexibility index (Phi) is 3.78. The van der Waals surface area contributed by atoms with Gasteiger partial charge in [0, 0.05) is 18.5 Å². The van der Waals surface area contributed by atoms with Crippen molar-refractivity contribution >= 4 is 33.9 Å². The van der Waals surface area contributed by atoms with Gasteiger partial charge >= 0.3 is 0 Å². The first-order valence-electron chi connectivity index (χ1n) is 7.14. The van der Waals surface area contributed by atoms with Crippen LogP contribution in [0.3, 0.4) is 0 Å². The van der Waals surface area contributed by atoms with Crippen molar-refractivity contribution in [2.45, 2.75) is 26.1 Å². The summed E-state index contributed by atoms with van der Waals surface area (Å²) in [5.74, 6) is 0.864. The molecule has 2 atom stereocenters. The standard InChI is InChI=1S/C16H19N3OS/c1-10-8-19(9-11(2)20-10)16-13(15(17)21)7-12-5-3-4-6-14(12)18-16/h3-7,10-11H,8-9H2,1-2H3,(H2,17,21). The van der Waals surface area contributed by atoms with Crippen molar-refractivity contribution in [3.05, 3.63) is 35.9 Å². The van der Waals surface area contributed by atoms with Crippen molar-refractivity contribution in [1.29, 1.82) is 0 Å². The smallest absolute Gasteiger partial charge is 0.139 e. The molecule has 1 aliphatic heterocycles. The molecule has 1 aliphatic rings.